The first kappa shape index (κ1) is 10.7. The summed E-state index contributed by atoms with van der Waals surface area (Å²) in [6, 6.07) is 7.74. The second-order valence-corrected chi connectivity index (χ2v) is 4.04. The van der Waals surface area contributed by atoms with Crippen LogP contribution in [0, 0.1) is 0 Å². The third-order valence-corrected chi connectivity index (χ3v) is 2.75. The van der Waals surface area contributed by atoms with E-state index in [1.165, 1.54) is 0 Å². The molecular weight excluding hydrogens is 214 g/mol. The lowest BCUT2D eigenvalue weighted by molar-refractivity contribution is 0.00357. The molecule has 0 spiro atoms. The summed E-state index contributed by atoms with van der Waals surface area (Å²) in [4.78, 5) is 2.18. The van der Waals surface area contributed by atoms with Crippen molar-refractivity contribution < 1.29 is 9.84 Å². The van der Waals surface area contributed by atoms with Crippen LogP contribution in [0.15, 0.2) is 24.3 Å². The summed E-state index contributed by atoms with van der Waals surface area (Å²) in [5, 5.41) is 9.77. The molecule has 1 aliphatic rings. The van der Waals surface area contributed by atoms with Gasteiger partial charge in [-0.15, -0.1) is 0 Å². The van der Waals surface area contributed by atoms with Crippen molar-refractivity contribution in [1.29, 1.82) is 0 Å². The Labute approximate surface area is 94.2 Å². The van der Waals surface area contributed by atoms with Gasteiger partial charge >= 0.3 is 0 Å². The molecule has 1 aromatic rings. The topological polar surface area (TPSA) is 32.7 Å². The molecule has 0 aromatic heterocycles. The molecule has 3 nitrogen and oxygen atoms in total. The normalized spacial score (nSPS) is 21.7. The molecule has 1 aromatic carbocycles. The van der Waals surface area contributed by atoms with Gasteiger partial charge in [-0.05, 0) is 18.2 Å². The predicted octanol–water partition coefficient (Wildman–Crippen LogP) is 1.54. The summed E-state index contributed by atoms with van der Waals surface area (Å²) in [5.41, 5.74) is 1.09. The molecule has 1 unspecified atom stereocenters. The van der Waals surface area contributed by atoms with Crippen molar-refractivity contribution in [3.05, 3.63) is 29.3 Å². The Morgan fingerprint density at radius 2 is 2.40 bits per heavy atom. The Morgan fingerprint density at radius 3 is 3.13 bits per heavy atom. The third-order valence-electron chi connectivity index (χ3n) is 2.52. The Morgan fingerprint density at radius 1 is 1.53 bits per heavy atom. The van der Waals surface area contributed by atoms with Crippen LogP contribution in [-0.4, -0.2) is 37.5 Å². The van der Waals surface area contributed by atoms with Crippen molar-refractivity contribution in [3.8, 4) is 0 Å². The van der Waals surface area contributed by atoms with Gasteiger partial charge in [-0.1, -0.05) is 17.7 Å². The minimum Gasteiger partial charge on any atom is -0.394 e. The number of benzene rings is 1. The summed E-state index contributed by atoms with van der Waals surface area (Å²) in [5.74, 6) is 0. The molecular formula is C11H14ClNO2. The maximum Gasteiger partial charge on any atom is 0.0980 e. The van der Waals surface area contributed by atoms with E-state index in [1.807, 2.05) is 24.3 Å². The number of halogens is 1. The molecule has 0 aliphatic carbocycles. The fourth-order valence-electron chi connectivity index (χ4n) is 1.74. The van der Waals surface area contributed by atoms with Gasteiger partial charge in [-0.3, -0.25) is 0 Å². The van der Waals surface area contributed by atoms with Crippen molar-refractivity contribution in [2.24, 2.45) is 0 Å². The van der Waals surface area contributed by atoms with E-state index in [2.05, 4.69) is 4.90 Å². The van der Waals surface area contributed by atoms with Gasteiger partial charge in [0.2, 0.25) is 0 Å². The van der Waals surface area contributed by atoms with Gasteiger partial charge in [0.1, 0.15) is 0 Å². The number of hydrogen-bond acceptors (Lipinski definition) is 3. The molecule has 0 radical (unpaired) electrons. The van der Waals surface area contributed by atoms with E-state index in [9.17, 15) is 0 Å². The second-order valence-electron chi connectivity index (χ2n) is 3.60. The number of hydrogen-bond donors (Lipinski definition) is 1. The molecule has 0 bridgehead atoms. The van der Waals surface area contributed by atoms with E-state index in [0.29, 0.717) is 6.61 Å². The molecule has 2 rings (SSSR count). The summed E-state index contributed by atoms with van der Waals surface area (Å²) < 4.78 is 5.38. The zero-order valence-corrected chi connectivity index (χ0v) is 9.15. The number of aliphatic hydroxyl groups excluding tert-OH is 1. The molecule has 1 aliphatic heterocycles. The lowest BCUT2D eigenvalue weighted by Crippen LogP contribution is -2.44. The van der Waals surface area contributed by atoms with Crippen molar-refractivity contribution in [2.75, 3.05) is 31.2 Å². The lowest BCUT2D eigenvalue weighted by atomic mass is 10.2. The quantitative estimate of drug-likeness (QED) is 0.832. The molecule has 4 heteroatoms. The van der Waals surface area contributed by atoms with Gasteiger partial charge in [-0.2, -0.15) is 0 Å². The van der Waals surface area contributed by atoms with Crippen LogP contribution >= 0.6 is 11.6 Å². The fraction of sp³-hybridized carbons (Fsp3) is 0.455. The molecule has 1 atom stereocenters. The van der Waals surface area contributed by atoms with Crippen molar-refractivity contribution >= 4 is 17.3 Å². The van der Waals surface area contributed by atoms with Crippen LogP contribution in [0.2, 0.25) is 5.02 Å². The van der Waals surface area contributed by atoms with Crippen LogP contribution in [0.4, 0.5) is 5.69 Å². The minimum absolute atomic E-state index is 0.0665. The summed E-state index contributed by atoms with van der Waals surface area (Å²) >= 11 is 5.93. The van der Waals surface area contributed by atoms with E-state index in [4.69, 9.17) is 21.4 Å². The highest BCUT2D eigenvalue weighted by Gasteiger charge is 2.19. The van der Waals surface area contributed by atoms with Crippen LogP contribution in [0.25, 0.3) is 0 Å². The van der Waals surface area contributed by atoms with Gasteiger partial charge in [0.25, 0.3) is 0 Å². The second kappa shape index (κ2) is 4.84. The SMILES string of the molecule is OCC1CN(c2cccc(Cl)c2)CCO1. The Bertz CT molecular complexity index is 332. The average molecular weight is 228 g/mol. The molecule has 1 N–H and O–H groups in total. The maximum absolute atomic E-state index is 9.03. The number of ether oxygens (including phenoxy) is 1. The minimum atomic E-state index is -0.0854. The van der Waals surface area contributed by atoms with Crippen molar-refractivity contribution in [2.45, 2.75) is 6.10 Å². The third kappa shape index (κ3) is 2.62. The maximum atomic E-state index is 9.03. The first-order valence-corrected chi connectivity index (χ1v) is 5.40. The van der Waals surface area contributed by atoms with Gasteiger partial charge in [0.15, 0.2) is 0 Å². The highest BCUT2D eigenvalue weighted by molar-refractivity contribution is 6.30. The number of rotatable bonds is 2. The zero-order valence-electron chi connectivity index (χ0n) is 8.40. The highest BCUT2D eigenvalue weighted by atomic mass is 35.5. The van der Waals surface area contributed by atoms with E-state index in [-0.39, 0.29) is 12.7 Å². The number of aliphatic hydroxyl groups is 1. The molecule has 82 valence electrons. The molecule has 1 fully saturated rings. The molecule has 1 heterocycles. The van der Waals surface area contributed by atoms with E-state index in [1.54, 1.807) is 0 Å². The van der Waals surface area contributed by atoms with Crippen LogP contribution in [-0.2, 0) is 4.74 Å². The average Bonchev–Trinajstić information content (AvgIpc) is 2.29. The Balaban J connectivity index is 2.09. The van der Waals surface area contributed by atoms with Crippen LogP contribution < -0.4 is 4.90 Å². The van der Waals surface area contributed by atoms with E-state index in [0.717, 1.165) is 23.8 Å². The first-order chi connectivity index (χ1) is 7.29. The number of morpholine rings is 1. The summed E-state index contributed by atoms with van der Waals surface area (Å²) in [6.07, 6.45) is -0.0854. The summed E-state index contributed by atoms with van der Waals surface area (Å²) in [7, 11) is 0. The molecule has 1 saturated heterocycles. The number of anilines is 1. The summed E-state index contributed by atoms with van der Waals surface area (Å²) in [6.45, 7) is 2.28. The van der Waals surface area contributed by atoms with E-state index < -0.39 is 0 Å². The zero-order chi connectivity index (χ0) is 10.7. The smallest absolute Gasteiger partial charge is 0.0980 e. The highest BCUT2D eigenvalue weighted by Crippen LogP contribution is 2.21. The Hall–Kier alpha value is -0.770. The van der Waals surface area contributed by atoms with Crippen molar-refractivity contribution in [3.63, 3.8) is 0 Å². The monoisotopic (exact) mass is 227 g/mol. The fourth-order valence-corrected chi connectivity index (χ4v) is 1.92. The predicted molar refractivity (Wildman–Crippen MR) is 60.5 cm³/mol. The molecule has 0 saturated carbocycles. The largest absolute Gasteiger partial charge is 0.394 e. The van der Waals surface area contributed by atoms with Crippen LogP contribution in [0.5, 0.6) is 0 Å². The van der Waals surface area contributed by atoms with Gasteiger partial charge in [0, 0.05) is 23.8 Å². The first-order valence-electron chi connectivity index (χ1n) is 5.02. The van der Waals surface area contributed by atoms with Gasteiger partial charge < -0.3 is 14.7 Å². The Kier molecular flexibility index (Phi) is 3.46. The van der Waals surface area contributed by atoms with Crippen LogP contribution in [0.3, 0.4) is 0 Å². The van der Waals surface area contributed by atoms with Crippen molar-refractivity contribution in [1.82, 2.24) is 0 Å². The van der Waals surface area contributed by atoms with E-state index >= 15 is 0 Å². The lowest BCUT2D eigenvalue weighted by Gasteiger charge is -2.33. The van der Waals surface area contributed by atoms with Gasteiger partial charge in [0.05, 0.1) is 19.3 Å². The standard InChI is InChI=1S/C11H14ClNO2/c12-9-2-1-3-10(6-9)13-4-5-15-11(7-13)8-14/h1-3,6,11,14H,4-5,7-8H2. The molecule has 0 amide bonds. The van der Waals surface area contributed by atoms with Gasteiger partial charge in [-0.25, -0.2) is 0 Å². The van der Waals surface area contributed by atoms with Crippen LogP contribution in [0.1, 0.15) is 0 Å². The molecule has 15 heavy (non-hydrogen) atoms. The number of nitrogens with zero attached hydrogens (tertiary/aromatic N) is 1.